The highest BCUT2D eigenvalue weighted by Crippen LogP contribution is 2.18. The van der Waals surface area contributed by atoms with Gasteiger partial charge in [0.1, 0.15) is 5.69 Å². The van der Waals surface area contributed by atoms with Gasteiger partial charge in [0.15, 0.2) is 9.84 Å². The first-order valence-corrected chi connectivity index (χ1v) is 12.1. The zero-order valence-electron chi connectivity index (χ0n) is 17.5. The number of hydrogen-bond acceptors (Lipinski definition) is 3. The van der Waals surface area contributed by atoms with E-state index in [-0.39, 0.29) is 17.4 Å². The van der Waals surface area contributed by atoms with Crippen molar-refractivity contribution in [1.82, 2.24) is 4.57 Å². The highest BCUT2D eigenvalue weighted by atomic mass is 32.2. The van der Waals surface area contributed by atoms with Crippen molar-refractivity contribution >= 4 is 21.4 Å². The fourth-order valence-corrected chi connectivity index (χ4v) is 5.10. The monoisotopic (exact) mass is 444 g/mol. The molecule has 5 nitrogen and oxygen atoms in total. The second-order valence-electron chi connectivity index (χ2n) is 7.68. The zero-order chi connectivity index (χ0) is 22.4. The van der Waals surface area contributed by atoms with Gasteiger partial charge in [0, 0.05) is 18.4 Å². The van der Waals surface area contributed by atoms with Gasteiger partial charge < -0.3 is 9.88 Å². The maximum absolute atomic E-state index is 12.9. The maximum atomic E-state index is 12.9. The fourth-order valence-electron chi connectivity index (χ4n) is 3.61. The molecule has 3 aromatic carbocycles. The molecule has 0 atom stereocenters. The predicted octanol–water partition coefficient (Wildman–Crippen LogP) is 4.90. The molecule has 0 aliphatic rings. The standard InChI is InChI=1S/C26H24N2O3S/c29-26(25-15-8-16-28(25)18-21-9-3-1-4-10-21)27-24-14-7-13-23(17-24)20-32(30,31)19-22-11-5-2-6-12-22/h1-17H,18-20H2,(H,27,29). The molecule has 6 heteroatoms. The molecular weight excluding hydrogens is 420 g/mol. The highest BCUT2D eigenvalue weighted by Gasteiger charge is 2.15. The van der Waals surface area contributed by atoms with E-state index in [9.17, 15) is 13.2 Å². The summed E-state index contributed by atoms with van der Waals surface area (Å²) >= 11 is 0. The topological polar surface area (TPSA) is 68.2 Å². The third kappa shape index (κ3) is 5.74. The van der Waals surface area contributed by atoms with Crippen molar-refractivity contribution in [3.05, 3.63) is 126 Å². The molecule has 0 saturated heterocycles. The van der Waals surface area contributed by atoms with Gasteiger partial charge in [-0.1, -0.05) is 72.8 Å². The SMILES string of the molecule is O=C(Nc1cccc(CS(=O)(=O)Cc2ccccc2)c1)c1cccn1Cc1ccccc1. The summed E-state index contributed by atoms with van der Waals surface area (Å²) in [6, 6.07) is 29.6. The predicted molar refractivity (Wildman–Crippen MR) is 127 cm³/mol. The van der Waals surface area contributed by atoms with E-state index in [1.54, 1.807) is 42.5 Å². The van der Waals surface area contributed by atoms with Gasteiger partial charge in [-0.05, 0) is 41.0 Å². The molecule has 0 aliphatic heterocycles. The fraction of sp³-hybridized carbons (Fsp3) is 0.115. The molecule has 0 fully saturated rings. The third-order valence-electron chi connectivity index (χ3n) is 5.06. The number of aromatic nitrogens is 1. The quantitative estimate of drug-likeness (QED) is 0.420. The van der Waals surface area contributed by atoms with Crippen LogP contribution in [-0.2, 0) is 27.9 Å². The maximum Gasteiger partial charge on any atom is 0.272 e. The first-order valence-electron chi connectivity index (χ1n) is 10.3. The lowest BCUT2D eigenvalue weighted by molar-refractivity contribution is 0.101. The molecule has 1 N–H and O–H groups in total. The molecule has 0 aliphatic carbocycles. The van der Waals surface area contributed by atoms with Crippen molar-refractivity contribution in [2.45, 2.75) is 18.1 Å². The van der Waals surface area contributed by atoms with Gasteiger partial charge in [0.05, 0.1) is 11.5 Å². The number of carbonyl (C=O) groups excluding carboxylic acids is 1. The number of sulfone groups is 1. The summed E-state index contributed by atoms with van der Waals surface area (Å²) in [6.07, 6.45) is 1.87. The second-order valence-corrected chi connectivity index (χ2v) is 9.74. The van der Waals surface area contributed by atoms with Crippen molar-refractivity contribution in [3.63, 3.8) is 0 Å². The number of anilines is 1. The lowest BCUT2D eigenvalue weighted by atomic mass is 10.2. The van der Waals surface area contributed by atoms with E-state index in [0.717, 1.165) is 11.1 Å². The number of nitrogens with one attached hydrogen (secondary N) is 1. The van der Waals surface area contributed by atoms with E-state index >= 15 is 0 Å². The minimum absolute atomic E-state index is 0.0164. The lowest BCUT2D eigenvalue weighted by Crippen LogP contribution is -2.17. The molecule has 0 bridgehead atoms. The molecule has 32 heavy (non-hydrogen) atoms. The van der Waals surface area contributed by atoms with Gasteiger partial charge in [-0.15, -0.1) is 0 Å². The Morgan fingerprint density at radius 2 is 1.34 bits per heavy atom. The van der Waals surface area contributed by atoms with Crippen LogP contribution in [0.2, 0.25) is 0 Å². The second kappa shape index (κ2) is 9.66. The Bertz CT molecular complexity index is 1300. The van der Waals surface area contributed by atoms with E-state index in [1.807, 2.05) is 65.4 Å². The van der Waals surface area contributed by atoms with Crippen molar-refractivity contribution in [2.24, 2.45) is 0 Å². The van der Waals surface area contributed by atoms with Crippen molar-refractivity contribution in [3.8, 4) is 0 Å². The minimum atomic E-state index is -3.33. The van der Waals surface area contributed by atoms with Gasteiger partial charge in [-0.2, -0.15) is 0 Å². The van der Waals surface area contributed by atoms with E-state index < -0.39 is 9.84 Å². The first kappa shape index (κ1) is 21.6. The van der Waals surface area contributed by atoms with Crippen molar-refractivity contribution in [1.29, 1.82) is 0 Å². The third-order valence-corrected chi connectivity index (χ3v) is 6.61. The number of amides is 1. The largest absolute Gasteiger partial charge is 0.339 e. The molecule has 0 radical (unpaired) electrons. The molecule has 4 aromatic rings. The van der Waals surface area contributed by atoms with Crippen LogP contribution in [0.5, 0.6) is 0 Å². The Labute approximate surface area is 188 Å². The van der Waals surface area contributed by atoms with Crippen LogP contribution in [0.3, 0.4) is 0 Å². The number of nitrogens with zero attached hydrogens (tertiary/aromatic N) is 1. The normalized spacial score (nSPS) is 11.2. The molecule has 4 rings (SSSR count). The average molecular weight is 445 g/mol. The number of carbonyl (C=O) groups is 1. The highest BCUT2D eigenvalue weighted by molar-refractivity contribution is 7.89. The van der Waals surface area contributed by atoms with Gasteiger partial charge >= 0.3 is 0 Å². The molecule has 0 saturated carbocycles. The molecular formula is C26H24N2O3S. The Balaban J connectivity index is 1.44. The Hall–Kier alpha value is -3.64. The minimum Gasteiger partial charge on any atom is -0.339 e. The summed E-state index contributed by atoms with van der Waals surface area (Å²) in [7, 11) is -3.33. The molecule has 0 unspecified atom stereocenters. The molecule has 0 spiro atoms. The van der Waals surface area contributed by atoms with Crippen LogP contribution in [0, 0.1) is 0 Å². The van der Waals surface area contributed by atoms with Crippen molar-refractivity contribution in [2.75, 3.05) is 5.32 Å². The van der Waals surface area contributed by atoms with Gasteiger partial charge in [-0.3, -0.25) is 4.79 Å². The molecule has 1 heterocycles. The molecule has 1 amide bonds. The van der Waals surface area contributed by atoms with Crippen LogP contribution < -0.4 is 5.32 Å². The smallest absolute Gasteiger partial charge is 0.272 e. The zero-order valence-corrected chi connectivity index (χ0v) is 18.3. The molecule has 162 valence electrons. The van der Waals surface area contributed by atoms with Crippen LogP contribution >= 0.6 is 0 Å². The average Bonchev–Trinajstić information content (AvgIpc) is 3.23. The number of rotatable bonds is 8. The van der Waals surface area contributed by atoms with E-state index in [0.29, 0.717) is 23.5 Å². The summed E-state index contributed by atoms with van der Waals surface area (Å²) in [5.41, 5.74) is 3.60. The number of benzene rings is 3. The van der Waals surface area contributed by atoms with Crippen LogP contribution in [-0.4, -0.2) is 18.9 Å². The summed E-state index contributed by atoms with van der Waals surface area (Å²) in [4.78, 5) is 12.9. The lowest BCUT2D eigenvalue weighted by Gasteiger charge is -2.11. The first-order chi connectivity index (χ1) is 15.5. The van der Waals surface area contributed by atoms with Crippen LogP contribution in [0.1, 0.15) is 27.2 Å². The summed E-state index contributed by atoms with van der Waals surface area (Å²) in [6.45, 7) is 0.592. The van der Waals surface area contributed by atoms with Crippen LogP contribution in [0.25, 0.3) is 0 Å². The summed E-state index contributed by atoms with van der Waals surface area (Å²) in [5.74, 6) is -0.344. The van der Waals surface area contributed by atoms with E-state index in [4.69, 9.17) is 0 Å². The number of hydrogen-bond donors (Lipinski definition) is 1. The molecule has 1 aromatic heterocycles. The summed E-state index contributed by atoms with van der Waals surface area (Å²) < 4.78 is 27.1. The van der Waals surface area contributed by atoms with Gasteiger partial charge in [0.25, 0.3) is 5.91 Å². The van der Waals surface area contributed by atoms with Gasteiger partial charge in [-0.25, -0.2) is 8.42 Å². The van der Waals surface area contributed by atoms with Gasteiger partial charge in [0.2, 0.25) is 0 Å². The Kier molecular flexibility index (Phi) is 6.52. The van der Waals surface area contributed by atoms with Crippen LogP contribution in [0.4, 0.5) is 5.69 Å². The van der Waals surface area contributed by atoms with Crippen molar-refractivity contribution < 1.29 is 13.2 Å². The van der Waals surface area contributed by atoms with E-state index in [1.165, 1.54) is 0 Å². The summed E-state index contributed by atoms with van der Waals surface area (Å²) in [5, 5.41) is 2.89. The Morgan fingerprint density at radius 3 is 2.06 bits per heavy atom. The van der Waals surface area contributed by atoms with Crippen LogP contribution in [0.15, 0.2) is 103 Å². The Morgan fingerprint density at radius 1 is 0.719 bits per heavy atom. The van der Waals surface area contributed by atoms with E-state index in [2.05, 4.69) is 5.32 Å².